The van der Waals surface area contributed by atoms with Gasteiger partial charge in [0.15, 0.2) is 12.4 Å². The van der Waals surface area contributed by atoms with Crippen LogP contribution in [0.1, 0.15) is 83.7 Å². The van der Waals surface area contributed by atoms with Crippen molar-refractivity contribution >= 4 is 23.4 Å². The van der Waals surface area contributed by atoms with Gasteiger partial charge in [0.05, 0.1) is 17.7 Å². The summed E-state index contributed by atoms with van der Waals surface area (Å²) in [4.78, 5) is 41.7. The summed E-state index contributed by atoms with van der Waals surface area (Å²) in [6, 6.07) is 7.13. The van der Waals surface area contributed by atoms with E-state index in [4.69, 9.17) is 4.84 Å². The van der Waals surface area contributed by atoms with Crippen molar-refractivity contribution in [2.45, 2.75) is 83.8 Å². The van der Waals surface area contributed by atoms with Gasteiger partial charge in [0.2, 0.25) is 0 Å². The van der Waals surface area contributed by atoms with Gasteiger partial charge >= 0.3 is 0 Å². The first-order chi connectivity index (χ1) is 18.5. The van der Waals surface area contributed by atoms with Gasteiger partial charge in [-0.25, -0.2) is 0 Å². The summed E-state index contributed by atoms with van der Waals surface area (Å²) in [6.07, 6.45) is 9.15. The number of hydrogen-bond donors (Lipinski definition) is 2. The molecule has 1 aromatic rings. The van der Waals surface area contributed by atoms with Crippen molar-refractivity contribution in [2.75, 3.05) is 6.61 Å². The number of oxime groups is 1. The molecule has 8 heteroatoms. The Labute approximate surface area is 229 Å². The lowest BCUT2D eigenvalue weighted by atomic mass is 9.46. The van der Waals surface area contributed by atoms with Crippen LogP contribution in [0.5, 0.6) is 0 Å². The predicted molar refractivity (Wildman–Crippen MR) is 143 cm³/mol. The molecule has 3 fully saturated rings. The van der Waals surface area contributed by atoms with Crippen LogP contribution >= 0.6 is 0 Å². The first kappa shape index (κ1) is 27.6. The largest absolute Gasteiger partial charge is 0.548 e. The summed E-state index contributed by atoms with van der Waals surface area (Å²) >= 11 is 0. The van der Waals surface area contributed by atoms with Crippen LogP contribution in [0.3, 0.4) is 0 Å². The number of carbonyl (C=O) groups excluding carboxylic acids is 3. The molecule has 7 atom stereocenters. The number of carboxylic acid groups (broad SMARTS) is 1. The van der Waals surface area contributed by atoms with Crippen molar-refractivity contribution < 1.29 is 29.4 Å². The van der Waals surface area contributed by atoms with E-state index in [0.29, 0.717) is 29.7 Å². The van der Waals surface area contributed by atoms with Crippen LogP contribution in [0.25, 0.3) is 0 Å². The van der Waals surface area contributed by atoms with E-state index in [1.54, 1.807) is 37.3 Å². The molecule has 0 aromatic heterocycles. The lowest BCUT2D eigenvalue weighted by Crippen LogP contribution is -2.57. The second-order valence-corrected chi connectivity index (χ2v) is 12.5. The van der Waals surface area contributed by atoms with E-state index in [2.05, 4.69) is 30.4 Å². The third kappa shape index (κ3) is 4.60. The highest BCUT2D eigenvalue weighted by atomic mass is 16.6. The molecule has 2 N–H and O–H groups in total. The molecule has 210 valence electrons. The number of nitrogens with one attached hydrogen (secondary N) is 1. The van der Waals surface area contributed by atoms with Gasteiger partial charge in [0.25, 0.3) is 5.91 Å². The monoisotopic (exact) mass is 535 g/mol. The second kappa shape index (κ2) is 10.2. The van der Waals surface area contributed by atoms with E-state index in [9.17, 15) is 24.6 Å². The van der Waals surface area contributed by atoms with Gasteiger partial charge in [0, 0.05) is 5.41 Å². The number of aliphatic hydroxyl groups is 1. The van der Waals surface area contributed by atoms with E-state index >= 15 is 0 Å². The van der Waals surface area contributed by atoms with Gasteiger partial charge in [-0.05, 0) is 93.1 Å². The molecule has 3 saturated carbocycles. The molecule has 1 amide bonds. The minimum Gasteiger partial charge on any atom is -0.548 e. The minimum atomic E-state index is -1.39. The Hall–Kier alpha value is -3.00. The van der Waals surface area contributed by atoms with Gasteiger partial charge in [-0.15, -0.1) is 0 Å². The summed E-state index contributed by atoms with van der Waals surface area (Å²) in [5.74, 6) is -0.688. The van der Waals surface area contributed by atoms with Crippen molar-refractivity contribution in [1.29, 1.82) is 0 Å². The fourth-order valence-corrected chi connectivity index (χ4v) is 8.54. The standard InChI is InChI=1S/C31H40N2O6/c1-19(34)31(38)16-13-25-23-10-9-21-17-22(11-14-29(21,2)24(23)12-15-30(25,31)3)33-39-18-26(35)32-27(28(36)37)20-7-5-4-6-8-20/h4-8,17,23-25,27,38H,9-16,18H2,1-3H3,(H,32,35)(H,36,37)/p-1/t23?,24?,25?,27?,29-,30-,31+/m1/s1. The second-order valence-electron chi connectivity index (χ2n) is 12.5. The molecule has 0 saturated heterocycles. The highest BCUT2D eigenvalue weighted by Crippen LogP contribution is 2.67. The van der Waals surface area contributed by atoms with Crippen molar-refractivity contribution in [3.05, 3.63) is 47.5 Å². The zero-order valence-electron chi connectivity index (χ0n) is 23.1. The summed E-state index contributed by atoms with van der Waals surface area (Å²) in [6.45, 7) is 5.66. The van der Waals surface area contributed by atoms with Gasteiger partial charge in [-0.3, -0.25) is 9.59 Å². The van der Waals surface area contributed by atoms with Crippen LogP contribution < -0.4 is 10.4 Å². The molecule has 0 aliphatic heterocycles. The van der Waals surface area contributed by atoms with Gasteiger partial charge < -0.3 is 25.2 Å². The Morgan fingerprint density at radius 2 is 1.79 bits per heavy atom. The highest BCUT2D eigenvalue weighted by molar-refractivity contribution is 5.96. The maximum atomic E-state index is 12.5. The minimum absolute atomic E-state index is 0.0506. The number of allylic oxidation sites excluding steroid dienone is 2. The Morgan fingerprint density at radius 3 is 2.49 bits per heavy atom. The Balaban J connectivity index is 1.23. The molecule has 0 spiro atoms. The lowest BCUT2D eigenvalue weighted by Gasteiger charge is -2.59. The van der Waals surface area contributed by atoms with Crippen LogP contribution in [0, 0.1) is 28.6 Å². The normalized spacial score (nSPS) is 37.1. The molecule has 39 heavy (non-hydrogen) atoms. The molecule has 0 radical (unpaired) electrons. The SMILES string of the molecule is CC(=O)[C@@]1(O)CCC2C3CCC4=CC(=NOCC(=O)NC(C(=O)[O-])c5ccccc5)CC[C@@]4(C)C3CC[C@]21C. The number of amides is 1. The highest BCUT2D eigenvalue weighted by Gasteiger charge is 2.65. The van der Waals surface area contributed by atoms with Crippen LogP contribution in [0.15, 0.2) is 47.1 Å². The number of ketones is 1. The maximum Gasteiger partial charge on any atom is 0.261 e. The zero-order valence-corrected chi connectivity index (χ0v) is 23.1. The molecule has 0 bridgehead atoms. The first-order valence-electron chi connectivity index (χ1n) is 14.2. The summed E-state index contributed by atoms with van der Waals surface area (Å²) < 4.78 is 0. The average Bonchev–Trinajstić information content (AvgIpc) is 3.19. The molecule has 8 nitrogen and oxygen atoms in total. The van der Waals surface area contributed by atoms with E-state index in [0.717, 1.165) is 50.7 Å². The number of Topliss-reactive ketones (excluding diaryl/α,β-unsaturated/α-hetero) is 1. The van der Waals surface area contributed by atoms with Crippen LogP contribution in [0.2, 0.25) is 0 Å². The van der Waals surface area contributed by atoms with E-state index in [1.807, 2.05) is 0 Å². The topological polar surface area (TPSA) is 128 Å². The van der Waals surface area contributed by atoms with Crippen LogP contribution in [0.4, 0.5) is 0 Å². The number of nitrogens with zero attached hydrogens (tertiary/aromatic N) is 1. The number of carbonyl (C=O) groups is 3. The molecular formula is C31H39N2O6-. The molecule has 5 rings (SSSR count). The average molecular weight is 536 g/mol. The molecule has 0 heterocycles. The fourth-order valence-electron chi connectivity index (χ4n) is 8.54. The van der Waals surface area contributed by atoms with Gasteiger partial charge in [0.1, 0.15) is 5.60 Å². The predicted octanol–water partition coefficient (Wildman–Crippen LogP) is 3.25. The molecular weight excluding hydrogens is 496 g/mol. The van der Waals surface area contributed by atoms with Crippen molar-refractivity contribution in [3.63, 3.8) is 0 Å². The summed E-state index contributed by atoms with van der Waals surface area (Å²) in [5.41, 5.74) is 1.10. The molecule has 4 unspecified atom stereocenters. The number of carboxylic acids is 1. The number of fused-ring (bicyclic) bond motifs is 5. The molecule has 1 aromatic carbocycles. The molecule has 4 aliphatic carbocycles. The number of rotatable bonds is 7. The van der Waals surface area contributed by atoms with Crippen LogP contribution in [-0.2, 0) is 19.2 Å². The number of benzene rings is 1. The zero-order chi connectivity index (χ0) is 28.0. The summed E-state index contributed by atoms with van der Waals surface area (Å²) in [5, 5.41) is 29.5. The molecule has 4 aliphatic rings. The quantitative estimate of drug-likeness (QED) is 0.516. The number of hydrogen-bond acceptors (Lipinski definition) is 7. The Kier molecular flexibility index (Phi) is 7.20. The fraction of sp³-hybridized carbons (Fsp3) is 0.613. The third-order valence-electron chi connectivity index (χ3n) is 10.8. The van der Waals surface area contributed by atoms with Crippen LogP contribution in [-0.4, -0.2) is 40.7 Å². The van der Waals surface area contributed by atoms with Crippen molar-refractivity contribution in [3.8, 4) is 0 Å². The van der Waals surface area contributed by atoms with E-state index in [1.165, 1.54) is 5.57 Å². The maximum absolute atomic E-state index is 12.5. The van der Waals surface area contributed by atoms with Crippen molar-refractivity contribution in [2.24, 2.45) is 33.7 Å². The third-order valence-corrected chi connectivity index (χ3v) is 10.8. The van der Waals surface area contributed by atoms with Crippen molar-refractivity contribution in [1.82, 2.24) is 5.32 Å². The van der Waals surface area contributed by atoms with E-state index in [-0.39, 0.29) is 23.2 Å². The Bertz CT molecular complexity index is 1210. The Morgan fingerprint density at radius 1 is 1.08 bits per heavy atom. The smallest absolute Gasteiger partial charge is 0.261 e. The summed E-state index contributed by atoms with van der Waals surface area (Å²) in [7, 11) is 0. The van der Waals surface area contributed by atoms with Gasteiger partial charge in [-0.1, -0.05) is 54.9 Å². The van der Waals surface area contributed by atoms with Gasteiger partial charge in [-0.2, -0.15) is 0 Å². The van der Waals surface area contributed by atoms with E-state index < -0.39 is 23.5 Å². The lowest BCUT2D eigenvalue weighted by molar-refractivity contribution is -0.308. The first-order valence-corrected chi connectivity index (χ1v) is 14.2. The number of aliphatic carboxylic acids is 1.